The van der Waals surface area contributed by atoms with Crippen LogP contribution in [0, 0.1) is 0 Å². The average molecular weight is 543 g/mol. The Labute approximate surface area is 250 Å². The Bertz CT molecular complexity index is 1010. The number of rotatable bonds is 19. The summed E-state index contributed by atoms with van der Waals surface area (Å²) >= 11 is 0. The summed E-state index contributed by atoms with van der Waals surface area (Å²) in [6.45, 7) is 22.1. The first-order valence-electron chi connectivity index (χ1n) is 15.6. The van der Waals surface area contributed by atoms with E-state index in [0.717, 1.165) is 38.5 Å². The highest BCUT2D eigenvalue weighted by molar-refractivity contribution is 5.27. The van der Waals surface area contributed by atoms with Crippen molar-refractivity contribution in [3.8, 4) is 0 Å². The lowest BCUT2D eigenvalue weighted by atomic mass is 10.0. The Hall–Kier alpha value is -2.60. The van der Waals surface area contributed by atoms with Crippen LogP contribution in [0.3, 0.4) is 0 Å². The molecule has 0 saturated carbocycles. The van der Waals surface area contributed by atoms with Gasteiger partial charge in [0.15, 0.2) is 0 Å². The molecule has 0 fully saturated rings. The molecule has 0 heteroatoms. The lowest BCUT2D eigenvalue weighted by Crippen LogP contribution is -1.82. The highest BCUT2D eigenvalue weighted by Crippen LogP contribution is 2.14. The summed E-state index contributed by atoms with van der Waals surface area (Å²) in [4.78, 5) is 0. The fraction of sp³-hybridized carbons (Fsp3) is 0.500. The molecular weight excluding hydrogens is 480 g/mol. The molecule has 0 saturated heterocycles. The maximum Gasteiger partial charge on any atom is -0.0285 e. The average Bonchev–Trinajstić information content (AvgIpc) is 2.86. The second-order valence-electron chi connectivity index (χ2n) is 12.1. The smallest absolute Gasteiger partial charge is 0.0285 e. The molecule has 222 valence electrons. The molecule has 0 aromatic rings. The van der Waals surface area contributed by atoms with Gasteiger partial charge in [0.2, 0.25) is 0 Å². The molecule has 0 unspecified atom stereocenters. The molecule has 0 rings (SSSR count). The summed E-state index contributed by atoms with van der Waals surface area (Å²) in [7, 11) is 0. The van der Waals surface area contributed by atoms with Gasteiger partial charge >= 0.3 is 0 Å². The van der Waals surface area contributed by atoms with Gasteiger partial charge in [-0.2, -0.15) is 0 Å². The molecule has 0 aliphatic rings. The van der Waals surface area contributed by atoms with E-state index in [1.165, 1.54) is 70.3 Å². The Morgan fingerprint density at radius 3 is 1.07 bits per heavy atom. The lowest BCUT2D eigenvalue weighted by Gasteiger charge is -2.02. The molecule has 0 bridgehead atoms. The molecule has 0 nitrogen and oxygen atoms in total. The van der Waals surface area contributed by atoms with Crippen molar-refractivity contribution in [2.75, 3.05) is 0 Å². The van der Waals surface area contributed by atoms with Crippen LogP contribution in [-0.2, 0) is 0 Å². The Morgan fingerprint density at radius 2 is 0.675 bits per heavy atom. The molecule has 0 atom stereocenters. The van der Waals surface area contributed by atoms with Gasteiger partial charge in [0.25, 0.3) is 0 Å². The summed E-state index contributed by atoms with van der Waals surface area (Å²) in [5.41, 5.74) is 11.5. The Kier molecular flexibility index (Phi) is 22.6. The van der Waals surface area contributed by atoms with Crippen LogP contribution in [0.1, 0.15) is 133 Å². The van der Waals surface area contributed by atoms with Gasteiger partial charge in [-0.1, -0.05) is 117 Å². The molecular formula is C40H62. The third-order valence-electron chi connectivity index (χ3n) is 6.87. The number of hydrogen-bond acceptors (Lipinski definition) is 0. The van der Waals surface area contributed by atoms with Crippen molar-refractivity contribution in [2.24, 2.45) is 0 Å². The summed E-state index contributed by atoms with van der Waals surface area (Å²) < 4.78 is 0. The predicted octanol–water partition coefficient (Wildman–Crippen LogP) is 13.6. The van der Waals surface area contributed by atoms with Crippen molar-refractivity contribution in [3.05, 3.63) is 117 Å². The minimum atomic E-state index is 1.12. The third kappa shape index (κ3) is 25.7. The van der Waals surface area contributed by atoms with E-state index >= 15 is 0 Å². The molecule has 40 heavy (non-hydrogen) atoms. The molecule has 0 spiro atoms. The van der Waals surface area contributed by atoms with E-state index in [1.807, 2.05) is 0 Å². The lowest BCUT2D eigenvalue weighted by molar-refractivity contribution is 0.900. The van der Waals surface area contributed by atoms with E-state index in [4.69, 9.17) is 0 Å². The van der Waals surface area contributed by atoms with E-state index in [1.54, 1.807) is 0 Å². The monoisotopic (exact) mass is 542 g/mol. The predicted molar refractivity (Wildman–Crippen MR) is 186 cm³/mol. The van der Waals surface area contributed by atoms with Crippen LogP contribution < -0.4 is 0 Å². The van der Waals surface area contributed by atoms with Gasteiger partial charge in [0, 0.05) is 0 Å². The quantitative estimate of drug-likeness (QED) is 0.112. The summed E-state index contributed by atoms with van der Waals surface area (Å²) in [5.74, 6) is 0. The molecule has 0 aliphatic heterocycles. The van der Waals surface area contributed by atoms with Crippen molar-refractivity contribution < 1.29 is 0 Å². The second-order valence-corrected chi connectivity index (χ2v) is 12.1. The van der Waals surface area contributed by atoms with Crippen molar-refractivity contribution in [1.82, 2.24) is 0 Å². The topological polar surface area (TPSA) is 0 Å². The molecule has 0 heterocycles. The zero-order chi connectivity index (χ0) is 30.2. The van der Waals surface area contributed by atoms with Gasteiger partial charge in [-0.25, -0.2) is 0 Å². The molecule has 0 aliphatic carbocycles. The van der Waals surface area contributed by atoms with Gasteiger partial charge in [-0.05, 0) is 133 Å². The normalized spacial score (nSPS) is 14.4. The van der Waals surface area contributed by atoms with Crippen molar-refractivity contribution in [1.29, 1.82) is 0 Å². The highest BCUT2D eigenvalue weighted by atomic mass is 14.0. The second kappa shape index (κ2) is 24.2. The molecule has 0 aromatic heterocycles. The first-order valence-corrected chi connectivity index (χ1v) is 15.6. The summed E-state index contributed by atoms with van der Waals surface area (Å²) in [6.07, 6.45) is 38.8. The van der Waals surface area contributed by atoms with Crippen LogP contribution >= 0.6 is 0 Å². The zero-order valence-corrected chi connectivity index (χ0v) is 28.0. The maximum atomic E-state index is 2.42. The van der Waals surface area contributed by atoms with Crippen molar-refractivity contribution in [2.45, 2.75) is 133 Å². The van der Waals surface area contributed by atoms with Crippen LogP contribution in [0.25, 0.3) is 0 Å². The van der Waals surface area contributed by atoms with E-state index in [9.17, 15) is 0 Å². The van der Waals surface area contributed by atoms with Gasteiger partial charge < -0.3 is 0 Å². The third-order valence-corrected chi connectivity index (χ3v) is 6.87. The first kappa shape index (κ1) is 37.4. The fourth-order valence-corrected chi connectivity index (χ4v) is 4.14. The number of hydrogen-bond donors (Lipinski definition) is 0. The standard InChI is InChI=1S/C40H62/c1-33(2)19-13-23-37(7)27-17-31-39(9)29-15-25-35(5)21-11-12-22-36(6)26-16-30-40(10)32-18-28-38(8)24-14-20-34(3)4/h11-12,15,19-22,25,27-30H,13-14,16-18,23-24,26,31-32H2,1-10H3/b12-11-,25-15+,35-21+,36-22+,37-27+,38-28+,39-29+,40-30+. The maximum absolute atomic E-state index is 2.42. The molecule has 0 aromatic carbocycles. The fourth-order valence-electron chi connectivity index (χ4n) is 4.14. The largest absolute Gasteiger partial charge is 0.0856 e. The molecule has 0 amide bonds. The summed E-state index contributed by atoms with van der Waals surface area (Å²) in [5, 5.41) is 0. The minimum absolute atomic E-state index is 1.12. The zero-order valence-electron chi connectivity index (χ0n) is 28.0. The van der Waals surface area contributed by atoms with Crippen LogP contribution in [-0.4, -0.2) is 0 Å². The van der Waals surface area contributed by atoms with E-state index in [0.29, 0.717) is 0 Å². The Morgan fingerprint density at radius 1 is 0.350 bits per heavy atom. The molecule has 0 N–H and O–H groups in total. The van der Waals surface area contributed by atoms with Gasteiger partial charge in [0.05, 0.1) is 0 Å². The van der Waals surface area contributed by atoms with Crippen molar-refractivity contribution in [3.63, 3.8) is 0 Å². The van der Waals surface area contributed by atoms with E-state index < -0.39 is 0 Å². The van der Waals surface area contributed by atoms with Crippen molar-refractivity contribution >= 4 is 0 Å². The van der Waals surface area contributed by atoms with Crippen LogP contribution in [0.4, 0.5) is 0 Å². The first-order chi connectivity index (χ1) is 19.0. The van der Waals surface area contributed by atoms with Gasteiger partial charge in [-0.3, -0.25) is 0 Å². The minimum Gasteiger partial charge on any atom is -0.0856 e. The molecule has 0 radical (unpaired) electrons. The van der Waals surface area contributed by atoms with Gasteiger partial charge in [-0.15, -0.1) is 0 Å². The van der Waals surface area contributed by atoms with Crippen LogP contribution in [0.15, 0.2) is 117 Å². The number of allylic oxidation sites excluding steroid dienone is 20. The Balaban J connectivity index is 4.39. The van der Waals surface area contributed by atoms with Crippen LogP contribution in [0.2, 0.25) is 0 Å². The van der Waals surface area contributed by atoms with Gasteiger partial charge in [0.1, 0.15) is 0 Å². The van der Waals surface area contributed by atoms with E-state index in [-0.39, 0.29) is 0 Å². The summed E-state index contributed by atoms with van der Waals surface area (Å²) in [6, 6.07) is 0. The highest BCUT2D eigenvalue weighted by Gasteiger charge is 1.94. The SMILES string of the molecule is CC(C)=CCC/C(C)=C/CC/C(C)=C/C=C/C(C)=C/C=C\C=C(/C)CC/C=C(\C)CC/C=C(\C)CCC=C(C)C. The van der Waals surface area contributed by atoms with Crippen LogP contribution in [0.5, 0.6) is 0 Å². The van der Waals surface area contributed by atoms with E-state index in [2.05, 4.69) is 142 Å².